The lowest BCUT2D eigenvalue weighted by Gasteiger charge is -2.42. The first kappa shape index (κ1) is 80.1. The summed E-state index contributed by atoms with van der Waals surface area (Å²) in [5, 5.41) is 200. The standard InChI is InChI=1S/2C16H31NO11.C10H23NO5Si.3CH4/c1-2-3-4-17-15(26)13(24)11(22)9(20)7(19)6-27-16-14(25)12(23)10(21)8(5-18)28-16;1-2-3-4-17-15(26)12(24)11(23)14(7(20)5-18)28-16-13(25)10(22)9(21)8(6-19)27-16;1-2-3-4-11-10(16)8(15)9(17)7(14)6(13)5-12;;;/h2*7-14,16,18-25H,2-6H2,1H3,(H,17,26);6-9,12-15H,2-5H2,1,17H3,(H,11,16);3*1H4. The third kappa shape index (κ3) is 25.8. The van der Waals surface area contributed by atoms with Gasteiger partial charge < -0.3 is 137 Å². The molecule has 2 saturated heterocycles. The van der Waals surface area contributed by atoms with Crippen LogP contribution in [0.5, 0.6) is 0 Å². The maximum atomic E-state index is 11.9. The van der Waals surface area contributed by atoms with Crippen molar-refractivity contribution in [3.05, 3.63) is 0 Å². The number of carbonyl (C=O) groups excluding carboxylic acids is 3. The molecule has 31 heteroatoms. The van der Waals surface area contributed by atoms with Crippen molar-refractivity contribution < 1.29 is 135 Å². The van der Waals surface area contributed by atoms with Crippen LogP contribution >= 0.6 is 0 Å². The van der Waals surface area contributed by atoms with Crippen LogP contribution in [0.15, 0.2) is 0 Å². The Labute approximate surface area is 446 Å². The quantitative estimate of drug-likeness (QED) is 0.0235. The Hall–Kier alpha value is -2.33. The lowest BCUT2D eigenvalue weighted by atomic mass is 9.98. The van der Waals surface area contributed by atoms with Crippen molar-refractivity contribution in [1.82, 2.24) is 16.0 Å². The van der Waals surface area contributed by atoms with Gasteiger partial charge in [-0.3, -0.25) is 14.4 Å². The van der Waals surface area contributed by atoms with E-state index in [1.165, 1.54) is 0 Å². The lowest BCUT2D eigenvalue weighted by molar-refractivity contribution is -0.326. The van der Waals surface area contributed by atoms with Gasteiger partial charge in [-0.15, -0.1) is 0 Å². The summed E-state index contributed by atoms with van der Waals surface area (Å²) in [6.45, 7) is 3.14. The number of nitrogens with one attached hydrogen (secondary N) is 3. The molecule has 0 aromatic rings. The molecular formula is C45H97N3O27Si. The number of carbonyl (C=O) groups is 3. The Morgan fingerprint density at radius 1 is 0.487 bits per heavy atom. The van der Waals surface area contributed by atoms with Crippen LogP contribution in [0, 0.1) is 0 Å². The van der Waals surface area contributed by atoms with Gasteiger partial charge in [0.2, 0.25) is 5.91 Å². The summed E-state index contributed by atoms with van der Waals surface area (Å²) in [7, 11) is 0.335. The summed E-state index contributed by atoms with van der Waals surface area (Å²) >= 11 is 0. The SMILES string of the molecule is C.C.C.CCCCNC(=O)C(O)C(O)C(O)C(O)COC1OC(CO)C(O)C(O)C1O.CCCCNC(=O)C(O)C(O)C(OC1OC(CO)C(O)C(O)C1O)C(O)CO.CCCCNC(=O)C(O)C([SiH3])C(O)C(O)CO. The molecule has 2 fully saturated rings. The molecule has 2 heterocycles. The highest BCUT2D eigenvalue weighted by atomic mass is 28.1. The largest absolute Gasteiger partial charge is 0.394 e. The van der Waals surface area contributed by atoms with Crippen molar-refractivity contribution in [3.8, 4) is 0 Å². The molecule has 2 aliphatic rings. The highest BCUT2D eigenvalue weighted by Crippen LogP contribution is 2.26. The third-order valence-corrected chi connectivity index (χ3v) is 12.9. The lowest BCUT2D eigenvalue weighted by Crippen LogP contribution is -2.62. The van der Waals surface area contributed by atoms with Gasteiger partial charge in [-0.25, -0.2) is 0 Å². The second-order valence-corrected chi connectivity index (χ2v) is 18.8. The molecule has 76 heavy (non-hydrogen) atoms. The molecule has 458 valence electrons. The van der Waals surface area contributed by atoms with Crippen LogP contribution in [0.4, 0.5) is 0 Å². The van der Waals surface area contributed by atoms with Crippen LogP contribution in [0.1, 0.15) is 81.6 Å². The summed E-state index contributed by atoms with van der Waals surface area (Å²) in [5.41, 5.74) is -0.709. The fourth-order valence-corrected chi connectivity index (χ4v) is 7.35. The molecule has 0 radical (unpaired) electrons. The predicted molar refractivity (Wildman–Crippen MR) is 270 cm³/mol. The average Bonchev–Trinajstić information content (AvgIpc) is 3.39. The molecule has 0 saturated carbocycles. The Kier molecular flexibility index (Phi) is 44.9. The Balaban J connectivity index is -0.000000518. The van der Waals surface area contributed by atoms with E-state index in [1.54, 1.807) is 0 Å². The second-order valence-electron chi connectivity index (χ2n) is 17.5. The molecular weight excluding hydrogens is 1040 g/mol. The Bertz CT molecular complexity index is 1490. The Morgan fingerprint density at radius 2 is 0.855 bits per heavy atom. The molecule has 0 spiro atoms. The van der Waals surface area contributed by atoms with E-state index >= 15 is 0 Å². The van der Waals surface area contributed by atoms with E-state index in [9.17, 15) is 106 Å². The molecule has 2 rings (SSSR count). The molecule has 3 amide bonds. The number of aliphatic hydroxyl groups is 20. The van der Waals surface area contributed by atoms with E-state index in [-0.39, 0.29) is 35.4 Å². The summed E-state index contributed by atoms with van der Waals surface area (Å²) in [5.74, 6) is -2.39. The van der Waals surface area contributed by atoms with E-state index in [2.05, 4.69) is 16.0 Å². The number of hydrogen-bond acceptors (Lipinski definition) is 27. The minimum absolute atomic E-state index is 0. The smallest absolute Gasteiger partial charge is 0.251 e. The highest BCUT2D eigenvalue weighted by molar-refractivity contribution is 6.14. The van der Waals surface area contributed by atoms with Crippen molar-refractivity contribution in [2.75, 3.05) is 52.7 Å². The molecule has 0 aliphatic carbocycles. The summed E-state index contributed by atoms with van der Waals surface area (Å²) < 4.78 is 20.4. The molecule has 2 aliphatic heterocycles. The maximum absolute atomic E-state index is 11.9. The third-order valence-electron chi connectivity index (χ3n) is 11.6. The topological polar surface area (TPSA) is 529 Å². The van der Waals surface area contributed by atoms with Crippen LogP contribution in [0.3, 0.4) is 0 Å². The van der Waals surface area contributed by atoms with Crippen molar-refractivity contribution in [1.29, 1.82) is 0 Å². The molecule has 0 aromatic carbocycles. The van der Waals surface area contributed by atoms with E-state index < -0.39 is 185 Å². The zero-order valence-electron chi connectivity index (χ0n) is 41.4. The van der Waals surface area contributed by atoms with Gasteiger partial charge in [-0.2, -0.15) is 0 Å². The molecule has 0 bridgehead atoms. The Morgan fingerprint density at radius 3 is 1.24 bits per heavy atom. The van der Waals surface area contributed by atoms with Crippen molar-refractivity contribution in [3.63, 3.8) is 0 Å². The van der Waals surface area contributed by atoms with Crippen molar-refractivity contribution >= 4 is 28.0 Å². The predicted octanol–water partition coefficient (Wildman–Crippen LogP) is -10.6. The van der Waals surface area contributed by atoms with Crippen LogP contribution in [0.25, 0.3) is 0 Å². The zero-order chi connectivity index (χ0) is 56.3. The molecule has 22 atom stereocenters. The first-order valence-electron chi connectivity index (χ1n) is 24.0. The summed E-state index contributed by atoms with van der Waals surface area (Å²) in [6.07, 6.45) is -30.8. The van der Waals surface area contributed by atoms with Gasteiger partial charge in [-0.05, 0) is 19.3 Å². The normalized spacial score (nSPS) is 28.0. The fourth-order valence-electron chi connectivity index (χ4n) is 6.60. The minimum Gasteiger partial charge on any atom is -0.394 e. The van der Waals surface area contributed by atoms with Gasteiger partial charge in [-0.1, -0.05) is 62.3 Å². The molecule has 23 N–H and O–H groups in total. The monoisotopic (exact) mass is 1140 g/mol. The number of ether oxygens (including phenoxy) is 4. The molecule has 30 nitrogen and oxygen atoms in total. The zero-order valence-corrected chi connectivity index (χ0v) is 43.4. The summed E-state index contributed by atoms with van der Waals surface area (Å²) in [4.78, 5) is 35.1. The van der Waals surface area contributed by atoms with Crippen LogP contribution in [-0.4, -0.2) is 311 Å². The van der Waals surface area contributed by atoms with Gasteiger partial charge >= 0.3 is 0 Å². The number of amides is 3. The highest BCUT2D eigenvalue weighted by Gasteiger charge is 2.48. The molecule has 0 aromatic heterocycles. The van der Waals surface area contributed by atoms with Crippen molar-refractivity contribution in [2.24, 2.45) is 0 Å². The average molecular weight is 1140 g/mol. The van der Waals surface area contributed by atoms with Gasteiger partial charge in [0.25, 0.3) is 11.8 Å². The second kappa shape index (κ2) is 42.5. The van der Waals surface area contributed by atoms with Gasteiger partial charge in [0.15, 0.2) is 24.8 Å². The first-order chi connectivity index (χ1) is 34.3. The van der Waals surface area contributed by atoms with E-state index in [0.717, 1.165) is 25.7 Å². The van der Waals surface area contributed by atoms with Crippen LogP contribution < -0.4 is 16.0 Å². The van der Waals surface area contributed by atoms with Gasteiger partial charge in [0, 0.05) is 35.4 Å². The number of unbranched alkanes of at least 4 members (excludes halogenated alkanes) is 3. The number of hydrogen-bond donors (Lipinski definition) is 23. The number of aliphatic hydroxyl groups excluding tert-OH is 20. The van der Waals surface area contributed by atoms with Crippen LogP contribution in [-0.2, 0) is 33.3 Å². The van der Waals surface area contributed by atoms with E-state index in [0.29, 0.717) is 29.6 Å². The van der Waals surface area contributed by atoms with Gasteiger partial charge in [0.1, 0.15) is 97.7 Å². The van der Waals surface area contributed by atoms with Crippen molar-refractivity contribution in [2.45, 2.75) is 216 Å². The maximum Gasteiger partial charge on any atom is 0.251 e. The van der Waals surface area contributed by atoms with Crippen LogP contribution in [0.2, 0.25) is 5.54 Å². The minimum atomic E-state index is -2.03. The van der Waals surface area contributed by atoms with Gasteiger partial charge in [0.05, 0.1) is 39.1 Å². The fraction of sp³-hybridized carbons (Fsp3) is 0.933. The van der Waals surface area contributed by atoms with E-state index in [4.69, 9.17) is 29.2 Å². The van der Waals surface area contributed by atoms with E-state index in [1.807, 2.05) is 20.8 Å². The summed E-state index contributed by atoms with van der Waals surface area (Å²) in [6, 6.07) is 0. The first-order valence-corrected chi connectivity index (χ1v) is 25.2. The molecule has 22 unspecified atom stereocenters. The number of rotatable bonds is 30.